The lowest BCUT2D eigenvalue weighted by molar-refractivity contribution is -0.116. The number of aromatic nitrogens is 2. The number of carbonyl (C=O) groups excluding carboxylic acids is 1. The monoisotopic (exact) mass is 412 g/mol. The quantitative estimate of drug-likeness (QED) is 0.697. The first-order valence-corrected chi connectivity index (χ1v) is 10.6. The normalized spacial score (nSPS) is 20.1. The van der Waals surface area contributed by atoms with Gasteiger partial charge in [-0.25, -0.2) is 4.98 Å². The highest BCUT2D eigenvalue weighted by Gasteiger charge is 2.22. The topological polar surface area (TPSA) is 76.5 Å². The standard InChI is InChI=1S/C21H24N4O3S/c1-14-9-24(10-15(2)28-14)11-17-13-29-21(22-17)23-19(26)12-25-8-7-16-5-3-4-6-18(16)20(25)27/h3-8,13-15H,9-12H2,1-2H3,(H,22,23,26). The van der Waals surface area contributed by atoms with E-state index in [9.17, 15) is 9.59 Å². The Morgan fingerprint density at radius 2 is 2.00 bits per heavy atom. The van der Waals surface area contributed by atoms with E-state index in [0.717, 1.165) is 30.7 Å². The highest BCUT2D eigenvalue weighted by atomic mass is 32.1. The molecular weight excluding hydrogens is 388 g/mol. The summed E-state index contributed by atoms with van der Waals surface area (Å²) in [6.45, 7) is 6.57. The number of fused-ring (bicyclic) bond motifs is 1. The highest BCUT2D eigenvalue weighted by molar-refractivity contribution is 7.13. The first-order valence-electron chi connectivity index (χ1n) is 9.68. The maximum Gasteiger partial charge on any atom is 0.258 e. The molecule has 0 saturated carbocycles. The van der Waals surface area contributed by atoms with Crippen LogP contribution in [0.4, 0.5) is 5.13 Å². The van der Waals surface area contributed by atoms with Crippen LogP contribution in [0.1, 0.15) is 19.5 Å². The van der Waals surface area contributed by atoms with Crippen molar-refractivity contribution >= 4 is 33.1 Å². The second-order valence-electron chi connectivity index (χ2n) is 7.48. The van der Waals surface area contributed by atoms with Gasteiger partial charge in [0.15, 0.2) is 5.13 Å². The van der Waals surface area contributed by atoms with Crippen molar-refractivity contribution < 1.29 is 9.53 Å². The van der Waals surface area contributed by atoms with Gasteiger partial charge in [-0.05, 0) is 31.4 Å². The summed E-state index contributed by atoms with van der Waals surface area (Å²) in [7, 11) is 0. The molecule has 1 aliphatic rings. The van der Waals surface area contributed by atoms with Crippen LogP contribution in [0.15, 0.2) is 46.7 Å². The zero-order valence-corrected chi connectivity index (χ0v) is 17.3. The molecule has 0 spiro atoms. The largest absolute Gasteiger partial charge is 0.373 e. The van der Waals surface area contributed by atoms with Gasteiger partial charge < -0.3 is 14.6 Å². The lowest BCUT2D eigenvalue weighted by Gasteiger charge is -2.34. The summed E-state index contributed by atoms with van der Waals surface area (Å²) in [5, 5.41) is 6.79. The number of rotatable bonds is 5. The molecule has 8 heteroatoms. The van der Waals surface area contributed by atoms with Crippen molar-refractivity contribution in [3.8, 4) is 0 Å². The predicted molar refractivity (Wildman–Crippen MR) is 114 cm³/mol. The van der Waals surface area contributed by atoms with Crippen molar-refractivity contribution in [1.29, 1.82) is 0 Å². The van der Waals surface area contributed by atoms with Crippen molar-refractivity contribution in [2.45, 2.75) is 39.1 Å². The van der Waals surface area contributed by atoms with Gasteiger partial charge in [-0.3, -0.25) is 14.5 Å². The van der Waals surface area contributed by atoms with E-state index in [1.807, 2.05) is 29.6 Å². The Bertz CT molecular complexity index is 1070. The fraction of sp³-hybridized carbons (Fsp3) is 0.381. The number of hydrogen-bond acceptors (Lipinski definition) is 6. The second kappa shape index (κ2) is 8.44. The zero-order chi connectivity index (χ0) is 20.4. The molecule has 1 aliphatic heterocycles. The van der Waals surface area contributed by atoms with Crippen LogP contribution < -0.4 is 10.9 Å². The molecule has 152 valence electrons. The molecule has 0 radical (unpaired) electrons. The molecule has 7 nitrogen and oxygen atoms in total. The summed E-state index contributed by atoms with van der Waals surface area (Å²) < 4.78 is 7.18. The number of ether oxygens (including phenoxy) is 1. The van der Waals surface area contributed by atoms with E-state index in [-0.39, 0.29) is 30.2 Å². The third kappa shape index (κ3) is 4.72. The first-order chi connectivity index (χ1) is 14.0. The van der Waals surface area contributed by atoms with Crippen LogP contribution >= 0.6 is 11.3 Å². The summed E-state index contributed by atoms with van der Waals surface area (Å²) >= 11 is 1.40. The van der Waals surface area contributed by atoms with Crippen LogP contribution in [0.5, 0.6) is 0 Å². The van der Waals surface area contributed by atoms with Gasteiger partial charge in [0.2, 0.25) is 5.91 Å². The minimum absolute atomic E-state index is 0.0446. The number of nitrogens with zero attached hydrogens (tertiary/aromatic N) is 3. The van der Waals surface area contributed by atoms with Crippen LogP contribution in [0.3, 0.4) is 0 Å². The summed E-state index contributed by atoms with van der Waals surface area (Å²) in [6.07, 6.45) is 2.06. The summed E-state index contributed by atoms with van der Waals surface area (Å²) in [5.74, 6) is -0.267. The average Bonchev–Trinajstić information content (AvgIpc) is 3.10. The van der Waals surface area contributed by atoms with E-state index >= 15 is 0 Å². The Morgan fingerprint density at radius 1 is 1.24 bits per heavy atom. The molecule has 0 bridgehead atoms. The molecule has 1 saturated heterocycles. The average molecular weight is 413 g/mol. The minimum atomic E-state index is -0.267. The number of pyridine rings is 1. The van der Waals surface area contributed by atoms with E-state index in [2.05, 4.69) is 29.0 Å². The molecule has 1 fully saturated rings. The van der Waals surface area contributed by atoms with Gasteiger partial charge in [-0.2, -0.15) is 0 Å². The van der Waals surface area contributed by atoms with Crippen molar-refractivity contribution in [2.24, 2.45) is 0 Å². The molecule has 29 heavy (non-hydrogen) atoms. The van der Waals surface area contributed by atoms with E-state index in [4.69, 9.17) is 4.74 Å². The summed E-state index contributed by atoms with van der Waals surface area (Å²) in [5.41, 5.74) is 0.753. The summed E-state index contributed by atoms with van der Waals surface area (Å²) in [4.78, 5) is 31.8. The lowest BCUT2D eigenvalue weighted by atomic mass is 10.2. The van der Waals surface area contributed by atoms with Crippen molar-refractivity contribution in [2.75, 3.05) is 18.4 Å². The van der Waals surface area contributed by atoms with Crippen molar-refractivity contribution in [3.63, 3.8) is 0 Å². The van der Waals surface area contributed by atoms with Crippen molar-refractivity contribution in [1.82, 2.24) is 14.5 Å². The Labute approximate surface area is 172 Å². The zero-order valence-electron chi connectivity index (χ0n) is 16.5. The predicted octanol–water partition coefficient (Wildman–Crippen LogP) is 2.71. The molecule has 1 N–H and O–H groups in total. The molecule has 3 heterocycles. The van der Waals surface area contributed by atoms with Gasteiger partial charge in [0, 0.05) is 36.6 Å². The van der Waals surface area contributed by atoms with E-state index in [1.54, 1.807) is 12.3 Å². The number of nitrogens with one attached hydrogen (secondary N) is 1. The lowest BCUT2D eigenvalue weighted by Crippen LogP contribution is -2.44. The third-order valence-corrected chi connectivity index (χ3v) is 5.69. The Kier molecular flexibility index (Phi) is 5.75. The SMILES string of the molecule is CC1CN(Cc2csc(NC(=O)Cn3ccc4ccccc4c3=O)n2)CC(C)O1. The molecule has 4 rings (SSSR count). The highest BCUT2D eigenvalue weighted by Crippen LogP contribution is 2.19. The van der Waals surface area contributed by atoms with Gasteiger partial charge in [0.25, 0.3) is 5.56 Å². The van der Waals surface area contributed by atoms with Gasteiger partial charge in [0.1, 0.15) is 6.54 Å². The van der Waals surface area contributed by atoms with Crippen LogP contribution in [-0.4, -0.2) is 45.7 Å². The Morgan fingerprint density at radius 3 is 2.79 bits per heavy atom. The van der Waals surface area contributed by atoms with Gasteiger partial charge in [-0.1, -0.05) is 18.2 Å². The van der Waals surface area contributed by atoms with Crippen LogP contribution in [-0.2, 0) is 22.6 Å². The number of benzene rings is 1. The van der Waals surface area contributed by atoms with Crippen LogP contribution in [0.25, 0.3) is 10.8 Å². The molecule has 2 aromatic heterocycles. The summed E-state index contributed by atoms with van der Waals surface area (Å²) in [6, 6.07) is 9.20. The first kappa shape index (κ1) is 19.8. The molecule has 0 aliphatic carbocycles. The fourth-order valence-corrected chi connectivity index (χ4v) is 4.47. The number of morpholine rings is 1. The molecular formula is C21H24N4O3S. The van der Waals surface area contributed by atoms with Crippen molar-refractivity contribution in [3.05, 3.63) is 58.0 Å². The smallest absolute Gasteiger partial charge is 0.258 e. The van der Waals surface area contributed by atoms with Crippen LogP contribution in [0.2, 0.25) is 0 Å². The maximum atomic E-state index is 12.5. The number of carbonyl (C=O) groups is 1. The number of hydrogen-bond donors (Lipinski definition) is 1. The Balaban J connectivity index is 1.38. The number of anilines is 1. The van der Waals surface area contributed by atoms with Gasteiger partial charge >= 0.3 is 0 Å². The van der Waals surface area contributed by atoms with Crippen LogP contribution in [0, 0.1) is 0 Å². The molecule has 2 unspecified atom stereocenters. The molecule has 1 amide bonds. The second-order valence-corrected chi connectivity index (χ2v) is 8.34. The Hall–Kier alpha value is -2.55. The van der Waals surface area contributed by atoms with Gasteiger partial charge in [-0.15, -0.1) is 11.3 Å². The number of amides is 1. The minimum Gasteiger partial charge on any atom is -0.373 e. The molecule has 2 atom stereocenters. The van der Waals surface area contributed by atoms with Gasteiger partial charge in [0.05, 0.1) is 17.9 Å². The van der Waals surface area contributed by atoms with E-state index in [0.29, 0.717) is 10.5 Å². The molecule has 1 aromatic carbocycles. The van der Waals surface area contributed by atoms with E-state index in [1.165, 1.54) is 15.9 Å². The van der Waals surface area contributed by atoms with E-state index < -0.39 is 0 Å². The molecule has 3 aromatic rings. The maximum absolute atomic E-state index is 12.5. The number of thiazole rings is 1. The third-order valence-electron chi connectivity index (χ3n) is 4.88. The fourth-order valence-electron chi connectivity index (χ4n) is 3.75.